The molecule has 1 N–H and O–H groups in total. The van der Waals surface area contributed by atoms with Gasteiger partial charge in [-0.05, 0) is 37.3 Å². The lowest BCUT2D eigenvalue weighted by molar-refractivity contribution is 0.103. The van der Waals surface area contributed by atoms with E-state index in [1.54, 1.807) is 24.3 Å². The molecule has 3 aromatic rings. The summed E-state index contributed by atoms with van der Waals surface area (Å²) in [6.45, 7) is 2.39. The van der Waals surface area contributed by atoms with Crippen LogP contribution in [0.5, 0.6) is 11.5 Å². The molecule has 7 heteroatoms. The van der Waals surface area contributed by atoms with Gasteiger partial charge in [-0.1, -0.05) is 11.6 Å². The van der Waals surface area contributed by atoms with Gasteiger partial charge in [-0.25, -0.2) is 4.39 Å². The average Bonchev–Trinajstić information content (AvgIpc) is 2.92. The molecule has 1 heterocycles. The summed E-state index contributed by atoms with van der Waals surface area (Å²) >= 11 is 7.42. The molecule has 0 radical (unpaired) electrons. The molecule has 3 rings (SSSR count). The largest absolute Gasteiger partial charge is 0.493 e. The molecule has 0 bridgehead atoms. The van der Waals surface area contributed by atoms with Gasteiger partial charge in [-0.15, -0.1) is 11.3 Å². The lowest BCUT2D eigenvalue weighted by atomic mass is 10.2. The number of hydrogen-bond donors (Lipinski definition) is 1. The Balaban J connectivity index is 1.88. The number of carbonyl (C=O) groups is 1. The van der Waals surface area contributed by atoms with Crippen molar-refractivity contribution in [1.82, 2.24) is 0 Å². The topological polar surface area (TPSA) is 47.6 Å². The highest BCUT2D eigenvalue weighted by Crippen LogP contribution is 2.36. The minimum Gasteiger partial charge on any atom is -0.493 e. The number of fused-ring (bicyclic) bond motifs is 1. The van der Waals surface area contributed by atoms with Crippen molar-refractivity contribution in [2.45, 2.75) is 6.92 Å². The fourth-order valence-corrected chi connectivity index (χ4v) is 3.83. The second-order valence-electron chi connectivity index (χ2n) is 5.14. The number of rotatable bonds is 5. The SMILES string of the molecule is CCOc1ccc(NC(=O)c2sc3cc(F)ccc3c2Cl)cc1OC. The predicted molar refractivity (Wildman–Crippen MR) is 98.9 cm³/mol. The van der Waals surface area contributed by atoms with E-state index in [1.165, 1.54) is 19.2 Å². The maximum Gasteiger partial charge on any atom is 0.267 e. The summed E-state index contributed by atoms with van der Waals surface area (Å²) in [5.41, 5.74) is 0.546. The molecule has 130 valence electrons. The van der Waals surface area contributed by atoms with Crippen LogP contribution >= 0.6 is 22.9 Å². The van der Waals surface area contributed by atoms with E-state index in [4.69, 9.17) is 21.1 Å². The van der Waals surface area contributed by atoms with Crippen LogP contribution in [0.2, 0.25) is 5.02 Å². The van der Waals surface area contributed by atoms with Gasteiger partial charge in [0.15, 0.2) is 11.5 Å². The second kappa shape index (κ2) is 7.29. The second-order valence-corrected chi connectivity index (χ2v) is 6.57. The van der Waals surface area contributed by atoms with Crippen molar-refractivity contribution in [1.29, 1.82) is 0 Å². The Morgan fingerprint density at radius 2 is 2.04 bits per heavy atom. The number of halogens is 2. The molecule has 0 atom stereocenters. The molecule has 0 fully saturated rings. The zero-order valence-electron chi connectivity index (χ0n) is 13.6. The zero-order valence-corrected chi connectivity index (χ0v) is 15.1. The normalized spacial score (nSPS) is 10.7. The first-order valence-corrected chi connectivity index (χ1v) is 8.72. The van der Waals surface area contributed by atoms with Crippen molar-refractivity contribution in [3.8, 4) is 11.5 Å². The smallest absolute Gasteiger partial charge is 0.267 e. The maximum absolute atomic E-state index is 13.3. The van der Waals surface area contributed by atoms with Crippen molar-refractivity contribution in [3.05, 3.63) is 52.1 Å². The van der Waals surface area contributed by atoms with Gasteiger partial charge in [-0.2, -0.15) is 0 Å². The molecule has 0 saturated heterocycles. The van der Waals surface area contributed by atoms with E-state index in [0.717, 1.165) is 11.3 Å². The van der Waals surface area contributed by atoms with Gasteiger partial charge < -0.3 is 14.8 Å². The van der Waals surface area contributed by atoms with E-state index in [2.05, 4.69) is 5.32 Å². The van der Waals surface area contributed by atoms with Gasteiger partial charge in [-0.3, -0.25) is 4.79 Å². The number of anilines is 1. The highest BCUT2D eigenvalue weighted by molar-refractivity contribution is 7.21. The van der Waals surface area contributed by atoms with Crippen molar-refractivity contribution in [3.63, 3.8) is 0 Å². The molecule has 1 amide bonds. The van der Waals surface area contributed by atoms with Gasteiger partial charge in [0, 0.05) is 21.8 Å². The Bertz CT molecular complexity index is 941. The molecular formula is C18H15ClFNO3S. The predicted octanol–water partition coefficient (Wildman–Crippen LogP) is 5.35. The average molecular weight is 380 g/mol. The Kier molecular flexibility index (Phi) is 5.11. The minimum atomic E-state index is -0.367. The molecule has 0 aliphatic rings. The molecule has 4 nitrogen and oxygen atoms in total. The van der Waals surface area contributed by atoms with E-state index < -0.39 is 0 Å². The third-order valence-electron chi connectivity index (χ3n) is 3.52. The van der Waals surface area contributed by atoms with Crippen molar-refractivity contribution < 1.29 is 18.7 Å². The fourth-order valence-electron chi connectivity index (χ4n) is 2.39. The molecule has 0 spiro atoms. The number of carbonyl (C=O) groups excluding carboxylic acids is 1. The fraction of sp³-hybridized carbons (Fsp3) is 0.167. The number of benzene rings is 2. The Hall–Kier alpha value is -2.31. The monoisotopic (exact) mass is 379 g/mol. The van der Waals surface area contributed by atoms with E-state index in [0.29, 0.717) is 43.8 Å². The van der Waals surface area contributed by atoms with Crippen LogP contribution in [-0.2, 0) is 0 Å². The van der Waals surface area contributed by atoms with E-state index >= 15 is 0 Å². The number of ether oxygens (including phenoxy) is 2. The third-order valence-corrected chi connectivity index (χ3v) is 5.18. The van der Waals surface area contributed by atoms with Crippen LogP contribution in [0.3, 0.4) is 0 Å². The Morgan fingerprint density at radius 3 is 2.76 bits per heavy atom. The number of nitrogens with one attached hydrogen (secondary N) is 1. The number of methoxy groups -OCH3 is 1. The summed E-state index contributed by atoms with van der Waals surface area (Å²) in [7, 11) is 1.53. The van der Waals surface area contributed by atoms with Crippen LogP contribution in [0.15, 0.2) is 36.4 Å². The summed E-state index contributed by atoms with van der Waals surface area (Å²) < 4.78 is 24.7. The number of amides is 1. The standard InChI is InChI=1S/C18H15ClFNO3S/c1-3-24-13-7-5-11(9-14(13)23-2)21-18(22)17-16(19)12-6-4-10(20)8-15(12)25-17/h4-9H,3H2,1-2H3,(H,21,22). The van der Waals surface area contributed by atoms with Gasteiger partial charge in [0.05, 0.1) is 18.7 Å². The quantitative estimate of drug-likeness (QED) is 0.649. The number of hydrogen-bond acceptors (Lipinski definition) is 4. The first-order valence-electron chi connectivity index (χ1n) is 7.53. The van der Waals surface area contributed by atoms with E-state index in [9.17, 15) is 9.18 Å². The summed E-state index contributed by atoms with van der Waals surface area (Å²) in [6.07, 6.45) is 0. The van der Waals surface area contributed by atoms with E-state index in [1.807, 2.05) is 6.92 Å². The summed E-state index contributed by atoms with van der Waals surface area (Å²) in [5.74, 6) is 0.383. The maximum atomic E-state index is 13.3. The Labute approximate surface area is 153 Å². The zero-order chi connectivity index (χ0) is 18.0. The first kappa shape index (κ1) is 17.5. The summed E-state index contributed by atoms with van der Waals surface area (Å²) in [4.78, 5) is 12.9. The molecule has 25 heavy (non-hydrogen) atoms. The Morgan fingerprint density at radius 1 is 1.24 bits per heavy atom. The van der Waals surface area contributed by atoms with Crippen LogP contribution in [0.25, 0.3) is 10.1 Å². The van der Waals surface area contributed by atoms with Crippen molar-refractivity contribution in [2.75, 3.05) is 19.0 Å². The molecular weight excluding hydrogens is 365 g/mol. The molecule has 2 aromatic carbocycles. The molecule has 0 unspecified atom stereocenters. The highest BCUT2D eigenvalue weighted by Gasteiger charge is 2.18. The van der Waals surface area contributed by atoms with Crippen LogP contribution < -0.4 is 14.8 Å². The molecule has 0 aliphatic carbocycles. The lowest BCUT2D eigenvalue weighted by Gasteiger charge is -2.11. The van der Waals surface area contributed by atoms with Crippen molar-refractivity contribution in [2.24, 2.45) is 0 Å². The molecule has 0 aliphatic heterocycles. The lowest BCUT2D eigenvalue weighted by Crippen LogP contribution is -2.10. The van der Waals surface area contributed by atoms with Gasteiger partial charge in [0.2, 0.25) is 0 Å². The van der Waals surface area contributed by atoms with Crippen LogP contribution in [0, 0.1) is 5.82 Å². The van der Waals surface area contributed by atoms with Crippen LogP contribution in [0.1, 0.15) is 16.6 Å². The summed E-state index contributed by atoms with van der Waals surface area (Å²) in [6, 6.07) is 9.36. The highest BCUT2D eigenvalue weighted by atomic mass is 35.5. The first-order chi connectivity index (χ1) is 12.0. The van der Waals surface area contributed by atoms with Crippen molar-refractivity contribution >= 4 is 44.6 Å². The van der Waals surface area contributed by atoms with Gasteiger partial charge >= 0.3 is 0 Å². The third kappa shape index (κ3) is 3.55. The molecule has 1 aromatic heterocycles. The van der Waals surface area contributed by atoms with Gasteiger partial charge in [0.25, 0.3) is 5.91 Å². The van der Waals surface area contributed by atoms with Gasteiger partial charge in [0.1, 0.15) is 10.7 Å². The minimum absolute atomic E-state index is 0.315. The van der Waals surface area contributed by atoms with Crippen LogP contribution in [0.4, 0.5) is 10.1 Å². The molecule has 0 saturated carbocycles. The van der Waals surface area contributed by atoms with E-state index in [-0.39, 0.29) is 11.7 Å². The van der Waals surface area contributed by atoms with Crippen LogP contribution in [-0.4, -0.2) is 19.6 Å². The summed E-state index contributed by atoms with van der Waals surface area (Å²) in [5, 5.41) is 3.75. The number of thiophene rings is 1.